The van der Waals surface area contributed by atoms with E-state index in [2.05, 4.69) is 30.9 Å². The Morgan fingerprint density at radius 3 is 2.62 bits per heavy atom. The lowest BCUT2D eigenvalue weighted by Crippen LogP contribution is -2.71. The number of carbonyl (C=O) groups is 4. The Hall–Kier alpha value is -4.06. The molecular formula is C22H27N9O7S2. The van der Waals surface area contributed by atoms with Crippen LogP contribution in [0.3, 0.4) is 0 Å². The Balaban J connectivity index is 1.53. The second-order valence-electron chi connectivity index (χ2n) is 9.61. The highest BCUT2D eigenvalue weighted by atomic mass is 32.2. The number of nitrogens with zero attached hydrogens (tertiary/aromatic N) is 7. The van der Waals surface area contributed by atoms with E-state index in [1.165, 1.54) is 33.9 Å². The second kappa shape index (κ2) is 11.6. The van der Waals surface area contributed by atoms with Crippen LogP contribution < -0.4 is 11.1 Å². The van der Waals surface area contributed by atoms with Crippen molar-refractivity contribution in [3.05, 3.63) is 28.2 Å². The number of tetrazole rings is 1. The van der Waals surface area contributed by atoms with E-state index in [1.54, 1.807) is 27.7 Å². The topological polar surface area (TPSA) is 206 Å². The van der Waals surface area contributed by atoms with Gasteiger partial charge < -0.3 is 25.4 Å². The number of oxime groups is 1. The van der Waals surface area contributed by atoms with Crippen molar-refractivity contribution in [3.8, 4) is 0 Å². The van der Waals surface area contributed by atoms with E-state index in [1.807, 2.05) is 0 Å². The number of aromatic nitrogens is 5. The highest BCUT2D eigenvalue weighted by Crippen LogP contribution is 2.41. The zero-order chi connectivity index (χ0) is 29.2. The van der Waals surface area contributed by atoms with Crippen molar-refractivity contribution in [1.29, 1.82) is 0 Å². The number of thioether (sulfide) groups is 1. The number of nitrogens with one attached hydrogen (secondary N) is 1. The molecule has 0 spiro atoms. The number of aryl methyl sites for hydroxylation is 1. The van der Waals surface area contributed by atoms with Crippen molar-refractivity contribution in [2.45, 2.75) is 45.7 Å². The summed E-state index contributed by atoms with van der Waals surface area (Å²) in [7, 11) is 1.27. The average molecular weight is 594 g/mol. The van der Waals surface area contributed by atoms with Crippen molar-refractivity contribution >= 4 is 57.7 Å². The number of hydrogen-bond donors (Lipinski definition) is 2. The molecule has 2 atom stereocenters. The fraction of sp³-hybridized carbons (Fsp3) is 0.500. The van der Waals surface area contributed by atoms with Crippen LogP contribution in [-0.4, -0.2) is 90.6 Å². The first-order valence-corrected chi connectivity index (χ1v) is 13.7. The van der Waals surface area contributed by atoms with Gasteiger partial charge in [-0.3, -0.25) is 19.3 Å². The number of anilines is 1. The number of rotatable bonds is 9. The molecule has 40 heavy (non-hydrogen) atoms. The first-order chi connectivity index (χ1) is 18.9. The van der Waals surface area contributed by atoms with Gasteiger partial charge in [0.1, 0.15) is 29.9 Å². The minimum atomic E-state index is -0.981. The summed E-state index contributed by atoms with van der Waals surface area (Å²) in [5.74, 6) is -1.99. The van der Waals surface area contributed by atoms with E-state index >= 15 is 0 Å². The van der Waals surface area contributed by atoms with E-state index in [9.17, 15) is 19.2 Å². The molecule has 0 radical (unpaired) electrons. The first-order valence-electron chi connectivity index (χ1n) is 11.8. The summed E-state index contributed by atoms with van der Waals surface area (Å²) in [5, 5.41) is 19.4. The number of nitrogen functional groups attached to an aromatic ring is 1. The number of carbonyl (C=O) groups excluding carboxylic acids is 4. The molecule has 0 saturated carbocycles. The Kier molecular flexibility index (Phi) is 8.38. The number of amides is 2. The molecule has 4 rings (SSSR count). The Morgan fingerprint density at radius 1 is 1.27 bits per heavy atom. The average Bonchev–Trinajstić information content (AvgIpc) is 3.51. The fourth-order valence-electron chi connectivity index (χ4n) is 3.68. The van der Waals surface area contributed by atoms with Gasteiger partial charge in [0.05, 0.1) is 12.0 Å². The van der Waals surface area contributed by atoms with E-state index in [-0.39, 0.29) is 34.5 Å². The Bertz CT molecular complexity index is 1390. The third-order valence-corrected chi connectivity index (χ3v) is 7.58. The van der Waals surface area contributed by atoms with Crippen LogP contribution in [0.5, 0.6) is 0 Å². The van der Waals surface area contributed by atoms with Gasteiger partial charge in [0, 0.05) is 11.1 Å². The van der Waals surface area contributed by atoms with Gasteiger partial charge in [-0.25, -0.2) is 9.78 Å². The summed E-state index contributed by atoms with van der Waals surface area (Å²) in [6.07, 6.45) is 0. The lowest BCUT2D eigenvalue weighted by atomic mass is 9.98. The van der Waals surface area contributed by atoms with E-state index in [0.717, 1.165) is 11.3 Å². The van der Waals surface area contributed by atoms with Crippen molar-refractivity contribution in [2.75, 3.05) is 25.4 Å². The van der Waals surface area contributed by atoms with E-state index in [0.29, 0.717) is 11.4 Å². The van der Waals surface area contributed by atoms with Gasteiger partial charge in [-0.05, 0) is 38.5 Å². The SMILES string of the molecule is CO/N=C(/C(=O)N[C@@H]1C(=O)N2C(C(=O)OCOC(=O)C(C)(C)C)=C(Cn3nnc(C)n3)CS[C@H]12)c1csc(N)n1. The molecule has 18 heteroatoms. The van der Waals surface area contributed by atoms with Crippen molar-refractivity contribution in [3.63, 3.8) is 0 Å². The molecule has 4 heterocycles. The summed E-state index contributed by atoms with van der Waals surface area (Å²) in [4.78, 5) is 62.9. The van der Waals surface area contributed by atoms with Crippen molar-refractivity contribution in [2.24, 2.45) is 10.6 Å². The predicted molar refractivity (Wildman–Crippen MR) is 141 cm³/mol. The normalized spacial score (nSPS) is 19.1. The molecule has 2 aliphatic heterocycles. The molecule has 2 aromatic heterocycles. The molecule has 0 aliphatic carbocycles. The quantitative estimate of drug-likeness (QED) is 0.127. The van der Waals surface area contributed by atoms with Crippen molar-refractivity contribution < 1.29 is 33.5 Å². The number of esters is 2. The molecule has 1 saturated heterocycles. The minimum Gasteiger partial charge on any atom is -0.427 e. The highest BCUT2D eigenvalue weighted by molar-refractivity contribution is 8.00. The molecule has 2 amide bonds. The monoisotopic (exact) mass is 593 g/mol. The van der Waals surface area contributed by atoms with Crippen LogP contribution in [0.1, 0.15) is 32.3 Å². The number of ether oxygens (including phenoxy) is 2. The number of nitrogens with two attached hydrogens (primary N) is 1. The summed E-state index contributed by atoms with van der Waals surface area (Å²) in [6.45, 7) is 6.06. The van der Waals surface area contributed by atoms with Crippen LogP contribution in [0.15, 0.2) is 21.8 Å². The maximum absolute atomic E-state index is 13.3. The molecule has 2 aliphatic rings. The summed E-state index contributed by atoms with van der Waals surface area (Å²) in [6, 6.07) is -0.981. The van der Waals surface area contributed by atoms with Crippen LogP contribution in [0, 0.1) is 12.3 Å². The van der Waals surface area contributed by atoms with Gasteiger partial charge in [-0.15, -0.1) is 33.3 Å². The molecular weight excluding hydrogens is 566 g/mol. The summed E-state index contributed by atoms with van der Waals surface area (Å²) in [5.41, 5.74) is 5.35. The van der Waals surface area contributed by atoms with Crippen LogP contribution in [0.25, 0.3) is 0 Å². The maximum Gasteiger partial charge on any atom is 0.358 e. The Labute approximate surface area is 236 Å². The largest absolute Gasteiger partial charge is 0.427 e. The van der Waals surface area contributed by atoms with E-state index < -0.39 is 47.4 Å². The van der Waals surface area contributed by atoms with Crippen LogP contribution in [0.4, 0.5) is 5.13 Å². The van der Waals surface area contributed by atoms with Gasteiger partial charge in [-0.2, -0.15) is 4.80 Å². The molecule has 214 valence electrons. The maximum atomic E-state index is 13.3. The Morgan fingerprint density at radius 2 is 2.02 bits per heavy atom. The molecule has 0 bridgehead atoms. The molecule has 3 N–H and O–H groups in total. The fourth-order valence-corrected chi connectivity index (χ4v) is 5.56. The van der Waals surface area contributed by atoms with E-state index in [4.69, 9.17) is 20.0 Å². The minimum absolute atomic E-state index is 0.0425. The van der Waals surface area contributed by atoms with Crippen molar-refractivity contribution in [1.82, 2.24) is 35.4 Å². The molecule has 0 aromatic carbocycles. The number of fused-ring (bicyclic) bond motifs is 1. The number of β-lactam (4-membered cyclic amide) rings is 1. The number of hydrogen-bond acceptors (Lipinski definition) is 15. The number of thiazole rings is 1. The van der Waals surface area contributed by atoms with Crippen LogP contribution in [-0.2, 0) is 40.0 Å². The standard InChI is InChI=1S/C22H27N9O7S2/c1-10-26-29-30(27-10)6-11-7-39-18-14(25-16(32)13(28-36-5)12-8-40-21(23)24-12)17(33)31(18)15(11)19(34)37-9-38-20(35)22(2,3)4/h8,14,18H,6-7,9H2,1-5H3,(H2,23,24)(H,25,32)/b28-13+/t14-,18-/m1/s1. The van der Waals surface area contributed by atoms with Gasteiger partial charge in [-0.1, -0.05) is 5.16 Å². The highest BCUT2D eigenvalue weighted by Gasteiger charge is 2.55. The summed E-state index contributed by atoms with van der Waals surface area (Å²) < 4.78 is 10.3. The predicted octanol–water partition coefficient (Wildman–Crippen LogP) is -0.185. The lowest BCUT2D eigenvalue weighted by molar-refractivity contribution is -0.173. The zero-order valence-electron chi connectivity index (χ0n) is 22.2. The molecule has 1 fully saturated rings. The van der Waals surface area contributed by atoms with Crippen LogP contribution in [0.2, 0.25) is 0 Å². The first kappa shape index (κ1) is 28.9. The lowest BCUT2D eigenvalue weighted by Gasteiger charge is -2.49. The smallest absolute Gasteiger partial charge is 0.358 e. The zero-order valence-corrected chi connectivity index (χ0v) is 23.9. The van der Waals surface area contributed by atoms with Gasteiger partial charge >= 0.3 is 11.9 Å². The molecule has 0 unspecified atom stereocenters. The summed E-state index contributed by atoms with van der Waals surface area (Å²) >= 11 is 2.44. The van der Waals surface area contributed by atoms with Crippen LogP contribution >= 0.6 is 23.1 Å². The molecule has 2 aromatic rings. The third-order valence-electron chi connectivity index (χ3n) is 5.57. The molecule has 16 nitrogen and oxygen atoms in total. The van der Waals surface area contributed by atoms with Gasteiger partial charge in [0.25, 0.3) is 11.8 Å². The van der Waals surface area contributed by atoms with Gasteiger partial charge in [0.2, 0.25) is 6.79 Å². The third kappa shape index (κ3) is 6.06. The van der Waals surface area contributed by atoms with Gasteiger partial charge in [0.15, 0.2) is 16.7 Å². The second-order valence-corrected chi connectivity index (χ2v) is 11.6.